The number of alkyl halides is 1. The van der Waals surface area contributed by atoms with Crippen LogP contribution in [0.5, 0.6) is 0 Å². The third kappa shape index (κ3) is 6.07. The Hall–Kier alpha value is -2.87. The van der Waals surface area contributed by atoms with Crippen molar-refractivity contribution in [2.75, 3.05) is 15.5 Å². The highest BCUT2D eigenvalue weighted by atomic mass is 79.9. The number of nitrogens with two attached hydrogens (primary N) is 2. The first-order valence-corrected chi connectivity index (χ1v) is 11.4. The average molecular weight is 485 g/mol. The number of aryl methyl sites for hydroxylation is 2. The highest BCUT2D eigenvalue weighted by Gasteiger charge is 2.32. The Bertz CT molecular complexity index is 984. The van der Waals surface area contributed by atoms with Gasteiger partial charge in [0, 0.05) is 11.4 Å². The number of benzene rings is 2. The molecule has 0 saturated heterocycles. The van der Waals surface area contributed by atoms with Crippen LogP contribution >= 0.6 is 15.9 Å². The van der Waals surface area contributed by atoms with Gasteiger partial charge in [0.2, 0.25) is 17.8 Å². The number of carbonyl (C=O) groups is 1. The SMILES string of the molecule is CC1(C)N=C(N)N=C(N)N1c1cccc(CCCCc2ccc(NC(=O)CBr)cc2)c1. The molecule has 7 nitrogen and oxygen atoms in total. The zero-order valence-electron chi connectivity index (χ0n) is 17.9. The third-order valence-electron chi connectivity index (χ3n) is 5.10. The molecule has 0 unspecified atom stereocenters. The molecule has 0 bridgehead atoms. The quantitative estimate of drug-likeness (QED) is 0.391. The zero-order chi connectivity index (χ0) is 22.4. The number of nitrogens with zero attached hydrogens (tertiary/aromatic N) is 3. The van der Waals surface area contributed by atoms with Gasteiger partial charge < -0.3 is 16.8 Å². The first-order valence-electron chi connectivity index (χ1n) is 10.3. The predicted molar refractivity (Wildman–Crippen MR) is 132 cm³/mol. The summed E-state index contributed by atoms with van der Waals surface area (Å²) < 4.78 is 0. The van der Waals surface area contributed by atoms with Crippen molar-refractivity contribution < 1.29 is 4.79 Å². The van der Waals surface area contributed by atoms with Crippen LogP contribution in [-0.4, -0.2) is 28.8 Å². The summed E-state index contributed by atoms with van der Waals surface area (Å²) in [6.07, 6.45) is 4.13. The molecule has 0 radical (unpaired) electrons. The highest BCUT2D eigenvalue weighted by molar-refractivity contribution is 9.09. The molecule has 5 N–H and O–H groups in total. The van der Waals surface area contributed by atoms with Gasteiger partial charge in [-0.1, -0.05) is 40.2 Å². The second kappa shape index (κ2) is 9.96. The Morgan fingerprint density at radius 1 is 1.06 bits per heavy atom. The van der Waals surface area contributed by atoms with E-state index in [0.29, 0.717) is 11.3 Å². The number of aliphatic imine (C=N–C) groups is 2. The highest BCUT2D eigenvalue weighted by Crippen LogP contribution is 2.28. The van der Waals surface area contributed by atoms with Gasteiger partial charge in [-0.3, -0.25) is 9.69 Å². The van der Waals surface area contributed by atoms with Gasteiger partial charge in [-0.05, 0) is 74.9 Å². The van der Waals surface area contributed by atoms with E-state index < -0.39 is 5.66 Å². The van der Waals surface area contributed by atoms with Gasteiger partial charge in [0.05, 0.1) is 5.33 Å². The summed E-state index contributed by atoms with van der Waals surface area (Å²) >= 11 is 3.15. The first-order chi connectivity index (χ1) is 14.8. The van der Waals surface area contributed by atoms with Gasteiger partial charge in [-0.25, -0.2) is 4.99 Å². The third-order valence-corrected chi connectivity index (χ3v) is 5.61. The lowest BCUT2D eigenvalue weighted by molar-refractivity contribution is -0.113. The molecule has 0 saturated carbocycles. The minimum atomic E-state index is -0.589. The molecule has 0 fully saturated rings. The molecule has 1 aliphatic rings. The molecule has 8 heteroatoms. The second-order valence-corrected chi connectivity index (χ2v) is 8.59. The van der Waals surface area contributed by atoms with Crippen LogP contribution in [0.25, 0.3) is 0 Å². The molecule has 1 amide bonds. The monoisotopic (exact) mass is 484 g/mol. The molecular weight excluding hydrogens is 456 g/mol. The van der Waals surface area contributed by atoms with Gasteiger partial charge in [-0.2, -0.15) is 4.99 Å². The van der Waals surface area contributed by atoms with E-state index in [1.54, 1.807) is 0 Å². The molecule has 31 heavy (non-hydrogen) atoms. The van der Waals surface area contributed by atoms with E-state index in [9.17, 15) is 4.79 Å². The van der Waals surface area contributed by atoms with Crippen LogP contribution in [0.4, 0.5) is 11.4 Å². The van der Waals surface area contributed by atoms with E-state index in [1.165, 1.54) is 11.1 Å². The minimum Gasteiger partial charge on any atom is -0.369 e. The fourth-order valence-electron chi connectivity index (χ4n) is 3.71. The van der Waals surface area contributed by atoms with Crippen LogP contribution in [-0.2, 0) is 17.6 Å². The lowest BCUT2D eigenvalue weighted by Crippen LogP contribution is -2.54. The standard InChI is InChI=1S/C23H29BrN6O/c1-23(2)29-21(25)28-22(26)30(23)19-9-5-8-17(14-19)7-4-3-6-16-10-12-18(13-11-16)27-20(31)15-24/h5,8-14H,3-4,6-7,15H2,1-2H3,(H,27,31)(H4,25,26,28,29). The second-order valence-electron chi connectivity index (χ2n) is 8.03. The molecule has 0 atom stereocenters. The topological polar surface area (TPSA) is 109 Å². The summed E-state index contributed by atoms with van der Waals surface area (Å²) in [4.78, 5) is 21.9. The van der Waals surface area contributed by atoms with Crippen molar-refractivity contribution in [3.63, 3.8) is 0 Å². The molecule has 1 aliphatic heterocycles. The smallest absolute Gasteiger partial charge is 0.235 e. The fraction of sp³-hybridized carbons (Fsp3) is 0.348. The van der Waals surface area contributed by atoms with Crippen LogP contribution in [0.3, 0.4) is 0 Å². The average Bonchev–Trinajstić information content (AvgIpc) is 2.71. The predicted octanol–water partition coefficient (Wildman–Crippen LogP) is 3.77. The molecule has 0 aliphatic carbocycles. The van der Waals surface area contributed by atoms with Crippen molar-refractivity contribution in [3.05, 3.63) is 59.7 Å². The van der Waals surface area contributed by atoms with Gasteiger partial charge in [0.1, 0.15) is 5.66 Å². The maximum Gasteiger partial charge on any atom is 0.235 e. The lowest BCUT2D eigenvalue weighted by Gasteiger charge is -2.38. The molecule has 0 spiro atoms. The summed E-state index contributed by atoms with van der Waals surface area (Å²) in [5.41, 5.74) is 15.6. The molecule has 1 heterocycles. The number of anilines is 2. The van der Waals surface area contributed by atoms with Crippen molar-refractivity contribution >= 4 is 45.1 Å². The lowest BCUT2D eigenvalue weighted by atomic mass is 10.0. The van der Waals surface area contributed by atoms with Crippen LogP contribution in [0, 0.1) is 0 Å². The molecule has 3 rings (SSSR count). The summed E-state index contributed by atoms with van der Waals surface area (Å²) in [6.45, 7) is 3.93. The summed E-state index contributed by atoms with van der Waals surface area (Å²) in [5.74, 6) is 0.505. The normalized spacial score (nSPS) is 15.3. The van der Waals surface area contributed by atoms with Gasteiger partial charge in [0.25, 0.3) is 0 Å². The molecular formula is C23H29BrN6O. The zero-order valence-corrected chi connectivity index (χ0v) is 19.5. The van der Waals surface area contributed by atoms with Gasteiger partial charge >= 0.3 is 0 Å². The summed E-state index contributed by atoms with van der Waals surface area (Å²) in [5, 5.41) is 3.13. The number of hydrogen-bond acceptors (Lipinski definition) is 6. The van der Waals surface area contributed by atoms with Crippen molar-refractivity contribution in [1.29, 1.82) is 0 Å². The van der Waals surface area contributed by atoms with Crippen LogP contribution in [0.2, 0.25) is 0 Å². The van der Waals surface area contributed by atoms with Crippen molar-refractivity contribution in [2.24, 2.45) is 21.5 Å². The fourth-order valence-corrected chi connectivity index (χ4v) is 3.85. The number of rotatable bonds is 8. The van der Waals surface area contributed by atoms with E-state index >= 15 is 0 Å². The largest absolute Gasteiger partial charge is 0.369 e. The van der Waals surface area contributed by atoms with E-state index in [1.807, 2.05) is 43.0 Å². The van der Waals surface area contributed by atoms with E-state index in [4.69, 9.17) is 11.5 Å². The first kappa shape index (κ1) is 22.8. The number of amides is 1. The Labute approximate surface area is 191 Å². The number of carbonyl (C=O) groups excluding carboxylic acids is 1. The van der Waals surface area contributed by atoms with Crippen molar-refractivity contribution in [1.82, 2.24) is 0 Å². The molecule has 2 aromatic rings. The number of unbranched alkanes of at least 4 members (excludes halogenated alkanes) is 1. The van der Waals surface area contributed by atoms with Crippen LogP contribution in [0.1, 0.15) is 37.8 Å². The molecule has 0 aromatic heterocycles. The van der Waals surface area contributed by atoms with E-state index in [2.05, 4.69) is 55.5 Å². The maximum absolute atomic E-state index is 11.4. The van der Waals surface area contributed by atoms with Crippen molar-refractivity contribution in [2.45, 2.75) is 45.2 Å². The Morgan fingerprint density at radius 2 is 1.74 bits per heavy atom. The molecule has 2 aromatic carbocycles. The van der Waals surface area contributed by atoms with Gasteiger partial charge in [-0.15, -0.1) is 0 Å². The number of hydrogen-bond donors (Lipinski definition) is 3. The summed E-state index contributed by atoms with van der Waals surface area (Å²) in [7, 11) is 0. The summed E-state index contributed by atoms with van der Waals surface area (Å²) in [6, 6.07) is 16.3. The van der Waals surface area contributed by atoms with Crippen molar-refractivity contribution in [3.8, 4) is 0 Å². The Kier molecular flexibility index (Phi) is 7.33. The van der Waals surface area contributed by atoms with E-state index in [-0.39, 0.29) is 11.9 Å². The van der Waals surface area contributed by atoms with E-state index in [0.717, 1.165) is 37.1 Å². The maximum atomic E-state index is 11.4. The van der Waals surface area contributed by atoms with Crippen LogP contribution in [0.15, 0.2) is 58.5 Å². The minimum absolute atomic E-state index is 0.0498. The Balaban J connectivity index is 1.54. The number of guanidine groups is 2. The Morgan fingerprint density at radius 3 is 2.39 bits per heavy atom. The van der Waals surface area contributed by atoms with Gasteiger partial charge in [0.15, 0.2) is 0 Å². The number of nitrogens with one attached hydrogen (secondary N) is 1. The van der Waals surface area contributed by atoms with Crippen LogP contribution < -0.4 is 21.7 Å². The number of halogens is 1. The molecule has 164 valence electrons.